The molecule has 0 aliphatic rings. The van der Waals surface area contributed by atoms with Gasteiger partial charge in [0.1, 0.15) is 17.3 Å². The zero-order chi connectivity index (χ0) is 16.6. The van der Waals surface area contributed by atoms with Crippen LogP contribution in [0.3, 0.4) is 0 Å². The average molecular weight is 350 g/mol. The molecule has 0 spiro atoms. The predicted octanol–water partition coefficient (Wildman–Crippen LogP) is 2.37. The SMILES string of the molecule is CCc1nnsc1C(=O)OCc1nc2sc(C)c(C)c2c(=O)[nH]1. The third kappa shape index (κ3) is 2.89. The van der Waals surface area contributed by atoms with Crippen LogP contribution in [0.1, 0.15) is 38.6 Å². The first kappa shape index (κ1) is 15.8. The zero-order valence-corrected chi connectivity index (χ0v) is 14.4. The summed E-state index contributed by atoms with van der Waals surface area (Å²) in [6.45, 7) is 5.64. The van der Waals surface area contributed by atoms with Crippen LogP contribution in [-0.4, -0.2) is 25.5 Å². The number of aryl methyl sites for hydroxylation is 3. The molecule has 9 heteroatoms. The molecule has 3 rings (SSSR count). The van der Waals surface area contributed by atoms with Crippen molar-refractivity contribution < 1.29 is 9.53 Å². The van der Waals surface area contributed by atoms with E-state index in [0.717, 1.165) is 22.0 Å². The number of nitrogens with one attached hydrogen (secondary N) is 1. The molecule has 120 valence electrons. The Morgan fingerprint density at radius 2 is 2.13 bits per heavy atom. The Hall–Kier alpha value is -2.13. The summed E-state index contributed by atoms with van der Waals surface area (Å²) >= 11 is 2.46. The Morgan fingerprint density at radius 1 is 1.35 bits per heavy atom. The number of fused-ring (bicyclic) bond motifs is 1. The van der Waals surface area contributed by atoms with Crippen molar-refractivity contribution in [2.24, 2.45) is 0 Å². The molecule has 0 aliphatic carbocycles. The summed E-state index contributed by atoms with van der Waals surface area (Å²) in [6, 6.07) is 0. The molecule has 7 nitrogen and oxygen atoms in total. The molecule has 0 aliphatic heterocycles. The van der Waals surface area contributed by atoms with E-state index in [4.69, 9.17) is 4.74 Å². The first-order valence-corrected chi connectivity index (χ1v) is 8.57. The van der Waals surface area contributed by atoms with Crippen LogP contribution >= 0.6 is 22.9 Å². The van der Waals surface area contributed by atoms with Crippen molar-refractivity contribution in [3.05, 3.63) is 37.2 Å². The number of aromatic nitrogens is 4. The van der Waals surface area contributed by atoms with E-state index in [-0.39, 0.29) is 12.2 Å². The van der Waals surface area contributed by atoms with Gasteiger partial charge in [0, 0.05) is 4.88 Å². The van der Waals surface area contributed by atoms with Gasteiger partial charge in [0.05, 0.1) is 11.1 Å². The molecule has 3 aromatic rings. The number of aromatic amines is 1. The highest BCUT2D eigenvalue weighted by Gasteiger charge is 2.18. The molecule has 23 heavy (non-hydrogen) atoms. The second-order valence-electron chi connectivity index (χ2n) is 4.95. The quantitative estimate of drug-likeness (QED) is 0.726. The molecule has 0 atom stereocenters. The third-order valence-electron chi connectivity index (χ3n) is 3.50. The summed E-state index contributed by atoms with van der Waals surface area (Å²) in [6.07, 6.45) is 0.607. The standard InChI is InChI=1S/C14H14N4O3S2/c1-4-8-11(23-18-17-8)14(20)21-5-9-15-12(19)10-6(2)7(3)22-13(10)16-9/h4-5H2,1-3H3,(H,15,16,19). The van der Waals surface area contributed by atoms with Gasteiger partial charge in [-0.3, -0.25) is 4.79 Å². The summed E-state index contributed by atoms with van der Waals surface area (Å²) in [4.78, 5) is 33.4. The Kier molecular flexibility index (Phi) is 4.22. The molecule has 0 saturated carbocycles. The number of carbonyl (C=O) groups is 1. The largest absolute Gasteiger partial charge is 0.453 e. The van der Waals surface area contributed by atoms with Crippen molar-refractivity contribution in [2.75, 3.05) is 0 Å². The molecule has 0 bridgehead atoms. The van der Waals surface area contributed by atoms with Crippen molar-refractivity contribution in [1.82, 2.24) is 19.6 Å². The monoisotopic (exact) mass is 350 g/mol. The zero-order valence-electron chi connectivity index (χ0n) is 12.8. The van der Waals surface area contributed by atoms with Gasteiger partial charge in [0.2, 0.25) is 0 Å². The number of hydrogen-bond donors (Lipinski definition) is 1. The van der Waals surface area contributed by atoms with E-state index < -0.39 is 5.97 Å². The van der Waals surface area contributed by atoms with Gasteiger partial charge in [-0.2, -0.15) is 0 Å². The number of rotatable bonds is 4. The summed E-state index contributed by atoms with van der Waals surface area (Å²) < 4.78 is 8.97. The smallest absolute Gasteiger partial charge is 0.352 e. The Bertz CT molecular complexity index is 941. The molecule has 3 aromatic heterocycles. The summed E-state index contributed by atoms with van der Waals surface area (Å²) in [7, 11) is 0. The van der Waals surface area contributed by atoms with Gasteiger partial charge >= 0.3 is 5.97 Å². The number of esters is 1. The minimum Gasteiger partial charge on any atom is -0.453 e. The van der Waals surface area contributed by atoms with Crippen molar-refractivity contribution in [1.29, 1.82) is 0 Å². The molecule has 1 N–H and O–H groups in total. The predicted molar refractivity (Wildman–Crippen MR) is 88.1 cm³/mol. The molecular formula is C14H14N4O3S2. The number of thiophene rings is 1. The molecule has 0 unspecified atom stereocenters. The number of ether oxygens (including phenoxy) is 1. The minimum absolute atomic E-state index is 0.0962. The van der Waals surface area contributed by atoms with Crippen LogP contribution in [0.4, 0.5) is 0 Å². The Balaban J connectivity index is 1.82. The van der Waals surface area contributed by atoms with Gasteiger partial charge in [0.15, 0.2) is 4.88 Å². The average Bonchev–Trinajstić information content (AvgIpc) is 3.10. The van der Waals surface area contributed by atoms with E-state index in [0.29, 0.717) is 33.0 Å². The fourth-order valence-electron chi connectivity index (χ4n) is 2.16. The lowest BCUT2D eigenvalue weighted by Crippen LogP contribution is -2.14. The van der Waals surface area contributed by atoms with Crippen LogP contribution in [-0.2, 0) is 17.8 Å². The molecule has 3 heterocycles. The lowest BCUT2D eigenvalue weighted by atomic mass is 10.2. The van der Waals surface area contributed by atoms with Crippen LogP contribution in [0, 0.1) is 13.8 Å². The van der Waals surface area contributed by atoms with Gasteiger partial charge < -0.3 is 9.72 Å². The van der Waals surface area contributed by atoms with Gasteiger partial charge in [-0.1, -0.05) is 11.4 Å². The van der Waals surface area contributed by atoms with E-state index >= 15 is 0 Å². The summed E-state index contributed by atoms with van der Waals surface area (Å²) in [5.74, 6) is -0.175. The van der Waals surface area contributed by atoms with Crippen molar-refractivity contribution in [2.45, 2.75) is 33.8 Å². The molecule has 0 saturated heterocycles. The minimum atomic E-state index is -0.502. The molecule has 0 fully saturated rings. The fraction of sp³-hybridized carbons (Fsp3) is 0.357. The van der Waals surface area contributed by atoms with Gasteiger partial charge in [0.25, 0.3) is 5.56 Å². The number of nitrogens with zero attached hydrogens (tertiary/aromatic N) is 3. The van der Waals surface area contributed by atoms with Crippen LogP contribution < -0.4 is 5.56 Å². The summed E-state index contributed by atoms with van der Waals surface area (Å²) in [5, 5.41) is 4.47. The van der Waals surface area contributed by atoms with Gasteiger partial charge in [-0.25, -0.2) is 9.78 Å². The van der Waals surface area contributed by atoms with Crippen LogP contribution in [0.2, 0.25) is 0 Å². The first-order chi connectivity index (χ1) is 11.0. The van der Waals surface area contributed by atoms with E-state index in [1.807, 2.05) is 20.8 Å². The van der Waals surface area contributed by atoms with Gasteiger partial charge in [-0.15, -0.1) is 16.4 Å². The highest BCUT2D eigenvalue weighted by atomic mass is 32.1. The van der Waals surface area contributed by atoms with E-state index in [1.54, 1.807) is 0 Å². The van der Waals surface area contributed by atoms with Crippen LogP contribution in [0.15, 0.2) is 4.79 Å². The highest BCUT2D eigenvalue weighted by molar-refractivity contribution is 7.18. The van der Waals surface area contributed by atoms with Crippen LogP contribution in [0.25, 0.3) is 10.2 Å². The van der Waals surface area contributed by atoms with Crippen molar-refractivity contribution in [3.8, 4) is 0 Å². The Morgan fingerprint density at radius 3 is 2.87 bits per heavy atom. The first-order valence-electron chi connectivity index (χ1n) is 6.98. The van der Waals surface area contributed by atoms with Gasteiger partial charge in [-0.05, 0) is 37.4 Å². The Labute approximate surface area is 139 Å². The van der Waals surface area contributed by atoms with E-state index in [9.17, 15) is 9.59 Å². The highest BCUT2D eigenvalue weighted by Crippen LogP contribution is 2.25. The lowest BCUT2D eigenvalue weighted by Gasteiger charge is -2.03. The molecule has 0 amide bonds. The lowest BCUT2D eigenvalue weighted by molar-refractivity contribution is 0.0466. The van der Waals surface area contributed by atoms with E-state index in [2.05, 4.69) is 19.6 Å². The maximum absolute atomic E-state index is 12.2. The number of hydrogen-bond acceptors (Lipinski definition) is 8. The maximum Gasteiger partial charge on any atom is 0.352 e. The molecular weight excluding hydrogens is 336 g/mol. The topological polar surface area (TPSA) is 97.8 Å². The van der Waals surface area contributed by atoms with E-state index in [1.165, 1.54) is 11.3 Å². The molecule has 0 aromatic carbocycles. The number of H-pyrrole nitrogens is 1. The maximum atomic E-state index is 12.2. The summed E-state index contributed by atoms with van der Waals surface area (Å²) in [5.41, 5.74) is 1.34. The fourth-order valence-corrected chi connectivity index (χ4v) is 3.86. The van der Waals surface area contributed by atoms with Crippen molar-refractivity contribution in [3.63, 3.8) is 0 Å². The second-order valence-corrected chi connectivity index (χ2v) is 6.91. The van der Waals surface area contributed by atoms with Crippen LogP contribution in [0.5, 0.6) is 0 Å². The number of carbonyl (C=O) groups excluding carboxylic acids is 1. The molecule has 0 radical (unpaired) electrons. The second kappa shape index (κ2) is 6.17. The third-order valence-corrected chi connectivity index (χ3v) is 5.35. The normalized spacial score (nSPS) is 11.1. The van der Waals surface area contributed by atoms with Crippen molar-refractivity contribution >= 4 is 39.1 Å².